The van der Waals surface area contributed by atoms with Gasteiger partial charge in [-0.2, -0.15) is 0 Å². The molecule has 0 bridgehead atoms. The summed E-state index contributed by atoms with van der Waals surface area (Å²) >= 11 is 0. The molecule has 0 aliphatic rings. The van der Waals surface area contributed by atoms with Crippen molar-refractivity contribution < 1.29 is 13.9 Å². The Kier molecular flexibility index (Phi) is 3.91. The molecule has 0 atom stereocenters. The van der Waals surface area contributed by atoms with Crippen molar-refractivity contribution in [3.8, 4) is 5.75 Å². The van der Waals surface area contributed by atoms with E-state index < -0.39 is 5.82 Å². The largest absolute Gasteiger partial charge is 0.494 e. The van der Waals surface area contributed by atoms with Gasteiger partial charge in [0.2, 0.25) is 5.91 Å². The Labute approximate surface area is 87.4 Å². The minimum atomic E-state index is -0.428. The maximum atomic E-state index is 13.0. The van der Waals surface area contributed by atoms with E-state index in [9.17, 15) is 9.18 Å². The first kappa shape index (κ1) is 11.3. The first-order chi connectivity index (χ1) is 7.17. The fourth-order valence-corrected chi connectivity index (χ4v) is 1.04. The van der Waals surface area contributed by atoms with Crippen LogP contribution in [0.15, 0.2) is 18.2 Å². The van der Waals surface area contributed by atoms with Gasteiger partial charge >= 0.3 is 0 Å². The molecule has 0 heterocycles. The minimum absolute atomic E-state index is 0.140. The van der Waals surface area contributed by atoms with Crippen LogP contribution in [0.25, 0.3) is 0 Å². The summed E-state index contributed by atoms with van der Waals surface area (Å²) in [4.78, 5) is 10.9. The van der Waals surface area contributed by atoms with Crippen LogP contribution in [-0.2, 0) is 4.79 Å². The van der Waals surface area contributed by atoms with Gasteiger partial charge in [0.15, 0.2) is 11.6 Å². The van der Waals surface area contributed by atoms with Gasteiger partial charge in [0, 0.05) is 18.8 Å². The number of ether oxygens (including phenoxy) is 1. The van der Waals surface area contributed by atoms with E-state index in [4.69, 9.17) is 4.74 Å². The maximum absolute atomic E-state index is 13.0. The van der Waals surface area contributed by atoms with Gasteiger partial charge in [-0.3, -0.25) is 4.79 Å². The summed E-state index contributed by atoms with van der Waals surface area (Å²) in [5, 5.41) is 5.31. The van der Waals surface area contributed by atoms with Gasteiger partial charge in [-0.1, -0.05) is 0 Å². The van der Waals surface area contributed by atoms with Crippen molar-refractivity contribution in [3.63, 3.8) is 0 Å². The van der Waals surface area contributed by atoms with Crippen molar-refractivity contribution in [1.82, 2.24) is 5.32 Å². The molecule has 0 fully saturated rings. The zero-order valence-electron chi connectivity index (χ0n) is 8.63. The van der Waals surface area contributed by atoms with E-state index in [2.05, 4.69) is 10.6 Å². The number of anilines is 1. The quantitative estimate of drug-likeness (QED) is 0.782. The summed E-state index contributed by atoms with van der Waals surface area (Å²) in [5.74, 6) is -0.418. The summed E-state index contributed by atoms with van der Waals surface area (Å²) < 4.78 is 17.8. The van der Waals surface area contributed by atoms with Crippen molar-refractivity contribution in [3.05, 3.63) is 24.0 Å². The molecule has 2 N–H and O–H groups in total. The molecule has 1 rings (SSSR count). The van der Waals surface area contributed by atoms with Crippen LogP contribution in [0.2, 0.25) is 0 Å². The highest BCUT2D eigenvalue weighted by atomic mass is 19.1. The number of likely N-dealkylation sites (N-methyl/N-ethyl adjacent to an activating group) is 1. The Balaban J connectivity index is 2.66. The van der Waals surface area contributed by atoms with Gasteiger partial charge in [0.05, 0.1) is 13.7 Å². The normalized spacial score (nSPS) is 9.53. The molecule has 1 aromatic carbocycles. The Hall–Kier alpha value is -1.78. The lowest BCUT2D eigenvalue weighted by Gasteiger charge is -2.07. The number of benzene rings is 1. The van der Waals surface area contributed by atoms with Crippen LogP contribution in [0.5, 0.6) is 5.75 Å². The lowest BCUT2D eigenvalue weighted by atomic mass is 10.3. The standard InChI is InChI=1S/C10H13FN2O2/c1-12-10(14)6-13-7-3-4-8(11)9(5-7)15-2/h3-5,13H,6H2,1-2H3,(H,12,14). The van der Waals surface area contributed by atoms with E-state index in [0.717, 1.165) is 0 Å². The number of hydrogen-bond donors (Lipinski definition) is 2. The van der Waals surface area contributed by atoms with Crippen LogP contribution in [0.4, 0.5) is 10.1 Å². The molecule has 0 aliphatic carbocycles. The summed E-state index contributed by atoms with van der Waals surface area (Å²) in [6.45, 7) is 0.144. The Bertz CT molecular complexity index is 355. The van der Waals surface area contributed by atoms with E-state index in [1.54, 1.807) is 13.1 Å². The minimum Gasteiger partial charge on any atom is -0.494 e. The number of nitrogens with one attached hydrogen (secondary N) is 2. The predicted molar refractivity (Wildman–Crippen MR) is 55.5 cm³/mol. The van der Waals surface area contributed by atoms with Gasteiger partial charge in [-0.15, -0.1) is 0 Å². The molecule has 4 nitrogen and oxygen atoms in total. The van der Waals surface area contributed by atoms with Gasteiger partial charge < -0.3 is 15.4 Å². The van der Waals surface area contributed by atoms with E-state index in [0.29, 0.717) is 5.69 Å². The monoisotopic (exact) mass is 212 g/mol. The van der Waals surface area contributed by atoms with E-state index in [-0.39, 0.29) is 18.2 Å². The molecule has 0 aliphatic heterocycles. The summed E-state index contributed by atoms with van der Waals surface area (Å²) in [5.41, 5.74) is 0.636. The lowest BCUT2D eigenvalue weighted by Crippen LogP contribution is -2.26. The molecule has 15 heavy (non-hydrogen) atoms. The maximum Gasteiger partial charge on any atom is 0.239 e. The van der Waals surface area contributed by atoms with Gasteiger partial charge in [0.25, 0.3) is 0 Å². The van der Waals surface area contributed by atoms with Crippen LogP contribution in [0.1, 0.15) is 0 Å². The van der Waals surface area contributed by atoms with Crippen molar-refractivity contribution in [1.29, 1.82) is 0 Å². The summed E-state index contributed by atoms with van der Waals surface area (Å²) in [6.07, 6.45) is 0. The van der Waals surface area contributed by atoms with Gasteiger partial charge in [0.1, 0.15) is 0 Å². The van der Waals surface area contributed by atoms with E-state index in [1.807, 2.05) is 0 Å². The molecule has 82 valence electrons. The average Bonchev–Trinajstić information content (AvgIpc) is 2.27. The Morgan fingerprint density at radius 3 is 2.87 bits per heavy atom. The first-order valence-corrected chi connectivity index (χ1v) is 4.45. The lowest BCUT2D eigenvalue weighted by molar-refractivity contribution is -0.118. The van der Waals surface area contributed by atoms with Crippen LogP contribution < -0.4 is 15.4 Å². The molecule has 0 aromatic heterocycles. The molecular weight excluding hydrogens is 199 g/mol. The average molecular weight is 212 g/mol. The number of halogens is 1. The summed E-state index contributed by atoms with van der Waals surface area (Å²) in [6, 6.07) is 4.32. The third-order valence-corrected chi connectivity index (χ3v) is 1.88. The zero-order valence-corrected chi connectivity index (χ0v) is 8.63. The molecule has 0 spiro atoms. The molecule has 0 saturated heterocycles. The Morgan fingerprint density at radius 2 is 2.27 bits per heavy atom. The van der Waals surface area contributed by atoms with E-state index >= 15 is 0 Å². The fraction of sp³-hybridized carbons (Fsp3) is 0.300. The smallest absolute Gasteiger partial charge is 0.239 e. The molecule has 1 amide bonds. The van der Waals surface area contributed by atoms with Crippen LogP contribution in [0, 0.1) is 5.82 Å². The van der Waals surface area contributed by atoms with Crippen LogP contribution in [-0.4, -0.2) is 26.6 Å². The van der Waals surface area contributed by atoms with Crippen LogP contribution >= 0.6 is 0 Å². The third kappa shape index (κ3) is 3.12. The van der Waals surface area contributed by atoms with Crippen molar-refractivity contribution in [2.24, 2.45) is 0 Å². The number of hydrogen-bond acceptors (Lipinski definition) is 3. The van der Waals surface area contributed by atoms with Crippen molar-refractivity contribution >= 4 is 11.6 Å². The number of rotatable bonds is 4. The van der Waals surface area contributed by atoms with Gasteiger partial charge in [-0.05, 0) is 12.1 Å². The highest BCUT2D eigenvalue weighted by molar-refractivity contribution is 5.80. The number of carbonyl (C=O) groups is 1. The molecule has 1 aromatic rings. The zero-order chi connectivity index (χ0) is 11.3. The number of amides is 1. The molecule has 0 unspecified atom stereocenters. The second-order valence-electron chi connectivity index (χ2n) is 2.88. The molecule has 0 radical (unpaired) electrons. The number of methoxy groups -OCH3 is 1. The highest BCUT2D eigenvalue weighted by Gasteiger charge is 2.04. The molecule has 0 saturated carbocycles. The third-order valence-electron chi connectivity index (χ3n) is 1.88. The number of carbonyl (C=O) groups excluding carboxylic acids is 1. The molecule has 5 heteroatoms. The SMILES string of the molecule is CNC(=O)CNc1ccc(F)c(OC)c1. The molecular formula is C10H13FN2O2. The topological polar surface area (TPSA) is 50.4 Å². The second-order valence-corrected chi connectivity index (χ2v) is 2.88. The summed E-state index contributed by atoms with van der Waals surface area (Å²) in [7, 11) is 2.94. The first-order valence-electron chi connectivity index (χ1n) is 4.45. The second kappa shape index (κ2) is 5.19. The highest BCUT2D eigenvalue weighted by Crippen LogP contribution is 2.20. The van der Waals surface area contributed by atoms with Crippen LogP contribution in [0.3, 0.4) is 0 Å². The fourth-order valence-electron chi connectivity index (χ4n) is 1.04. The van der Waals surface area contributed by atoms with E-state index in [1.165, 1.54) is 19.2 Å². The predicted octanol–water partition coefficient (Wildman–Crippen LogP) is 0.992. The van der Waals surface area contributed by atoms with Crippen molar-refractivity contribution in [2.75, 3.05) is 26.0 Å². The van der Waals surface area contributed by atoms with Crippen molar-refractivity contribution in [2.45, 2.75) is 0 Å². The Morgan fingerprint density at radius 1 is 1.53 bits per heavy atom. The van der Waals surface area contributed by atoms with Gasteiger partial charge in [-0.25, -0.2) is 4.39 Å².